The normalized spacial score (nSPS) is 19.2. The Morgan fingerprint density at radius 1 is 1.05 bits per heavy atom. The molecule has 2 N–H and O–H groups in total. The first-order valence-electron chi connectivity index (χ1n) is 8.71. The van der Waals surface area contributed by atoms with E-state index in [0.717, 1.165) is 45.6 Å². The molecule has 0 aromatic carbocycles. The van der Waals surface area contributed by atoms with Gasteiger partial charge in [0.2, 0.25) is 11.8 Å². The Morgan fingerprint density at radius 2 is 1.64 bits per heavy atom. The minimum atomic E-state index is -0.330. The molecular weight excluding hydrogens is 278 g/mol. The Hall–Kier alpha value is -1.10. The largest absolute Gasteiger partial charge is 0.369 e. The quantitative estimate of drug-likeness (QED) is 0.742. The highest BCUT2D eigenvalue weighted by Gasteiger charge is 2.35. The van der Waals surface area contributed by atoms with E-state index in [1.807, 2.05) is 11.8 Å². The number of piperazine rings is 1. The summed E-state index contributed by atoms with van der Waals surface area (Å²) in [5.41, 5.74) is 5.59. The molecular formula is C17H33N3O2. The average Bonchev–Trinajstić information content (AvgIpc) is 2.49. The summed E-state index contributed by atoms with van der Waals surface area (Å²) in [6.45, 7) is 12.8. The molecule has 22 heavy (non-hydrogen) atoms. The molecule has 0 radical (unpaired) electrons. The first-order valence-corrected chi connectivity index (χ1v) is 8.71. The lowest BCUT2D eigenvalue weighted by Crippen LogP contribution is -2.52. The summed E-state index contributed by atoms with van der Waals surface area (Å²) in [6, 6.07) is 0. The number of nitrogens with zero attached hydrogens (tertiary/aromatic N) is 2. The minimum absolute atomic E-state index is 0.127. The topological polar surface area (TPSA) is 66.6 Å². The maximum Gasteiger partial charge on any atom is 0.226 e. The van der Waals surface area contributed by atoms with E-state index in [2.05, 4.69) is 25.7 Å². The summed E-state index contributed by atoms with van der Waals surface area (Å²) in [4.78, 5) is 29.1. The summed E-state index contributed by atoms with van der Waals surface area (Å²) in [6.07, 6.45) is 2.31. The molecule has 0 spiro atoms. The van der Waals surface area contributed by atoms with Gasteiger partial charge in [-0.1, -0.05) is 34.1 Å². The van der Waals surface area contributed by atoms with Crippen LogP contribution in [0.5, 0.6) is 0 Å². The molecule has 1 heterocycles. The van der Waals surface area contributed by atoms with Crippen molar-refractivity contribution in [3.63, 3.8) is 0 Å². The molecule has 1 fully saturated rings. The summed E-state index contributed by atoms with van der Waals surface area (Å²) in [5, 5.41) is 0. The van der Waals surface area contributed by atoms with Crippen molar-refractivity contribution in [3.8, 4) is 0 Å². The second kappa shape index (κ2) is 9.13. The van der Waals surface area contributed by atoms with Crippen molar-refractivity contribution in [1.29, 1.82) is 0 Å². The number of nitrogens with two attached hydrogens (primary N) is 1. The number of carbonyl (C=O) groups is 2. The SMILES string of the molecule is CCCC(C(N)=O)C(CC(C)C)C(=O)N1CCN(CC)CC1. The highest BCUT2D eigenvalue weighted by atomic mass is 16.2. The Labute approximate surface area is 135 Å². The molecule has 0 aliphatic carbocycles. The van der Waals surface area contributed by atoms with Gasteiger partial charge in [0.1, 0.15) is 0 Å². The number of primary amides is 1. The fourth-order valence-corrected chi connectivity index (χ4v) is 3.32. The fraction of sp³-hybridized carbons (Fsp3) is 0.882. The molecule has 128 valence electrons. The third-order valence-corrected chi connectivity index (χ3v) is 4.62. The van der Waals surface area contributed by atoms with E-state index in [4.69, 9.17) is 5.73 Å². The summed E-state index contributed by atoms with van der Waals surface area (Å²) < 4.78 is 0. The van der Waals surface area contributed by atoms with Crippen molar-refractivity contribution in [2.75, 3.05) is 32.7 Å². The molecule has 0 aromatic heterocycles. The molecule has 2 amide bonds. The van der Waals surface area contributed by atoms with Crippen LogP contribution in [0, 0.1) is 17.8 Å². The maximum absolute atomic E-state index is 12.9. The third kappa shape index (κ3) is 5.27. The molecule has 1 rings (SSSR count). The smallest absolute Gasteiger partial charge is 0.226 e. The summed E-state index contributed by atoms with van der Waals surface area (Å²) >= 11 is 0. The van der Waals surface area contributed by atoms with Crippen LogP contribution in [0.3, 0.4) is 0 Å². The lowest BCUT2D eigenvalue weighted by atomic mass is 9.81. The van der Waals surface area contributed by atoms with E-state index in [9.17, 15) is 9.59 Å². The van der Waals surface area contributed by atoms with Crippen LogP contribution in [0.25, 0.3) is 0 Å². The molecule has 2 unspecified atom stereocenters. The van der Waals surface area contributed by atoms with E-state index >= 15 is 0 Å². The van der Waals surface area contributed by atoms with Gasteiger partial charge in [0.05, 0.1) is 0 Å². The van der Waals surface area contributed by atoms with Crippen LogP contribution in [0.4, 0.5) is 0 Å². The van der Waals surface area contributed by atoms with Gasteiger partial charge in [-0.25, -0.2) is 0 Å². The van der Waals surface area contributed by atoms with E-state index < -0.39 is 0 Å². The monoisotopic (exact) mass is 311 g/mol. The van der Waals surface area contributed by atoms with Crippen LogP contribution in [0.15, 0.2) is 0 Å². The van der Waals surface area contributed by atoms with E-state index in [1.165, 1.54) is 0 Å². The number of likely N-dealkylation sites (N-methyl/N-ethyl adjacent to an activating group) is 1. The lowest BCUT2D eigenvalue weighted by Gasteiger charge is -2.37. The number of carbonyl (C=O) groups excluding carboxylic acids is 2. The van der Waals surface area contributed by atoms with Crippen molar-refractivity contribution < 1.29 is 9.59 Å². The lowest BCUT2D eigenvalue weighted by molar-refractivity contribution is -0.143. The van der Waals surface area contributed by atoms with Crippen LogP contribution in [-0.4, -0.2) is 54.3 Å². The predicted octanol–water partition coefficient (Wildman–Crippen LogP) is 1.71. The number of hydrogen-bond acceptors (Lipinski definition) is 3. The highest BCUT2D eigenvalue weighted by Crippen LogP contribution is 2.27. The number of rotatable bonds is 8. The summed E-state index contributed by atoms with van der Waals surface area (Å²) in [5.74, 6) is -0.408. The molecule has 0 aromatic rings. The van der Waals surface area contributed by atoms with E-state index in [1.54, 1.807) is 0 Å². The van der Waals surface area contributed by atoms with Gasteiger partial charge in [0, 0.05) is 38.0 Å². The van der Waals surface area contributed by atoms with Gasteiger partial charge in [-0.05, 0) is 25.3 Å². The molecule has 5 nitrogen and oxygen atoms in total. The van der Waals surface area contributed by atoms with Crippen LogP contribution in [0.1, 0.15) is 47.0 Å². The van der Waals surface area contributed by atoms with Gasteiger partial charge in [0.15, 0.2) is 0 Å². The standard InChI is InChI=1S/C17H33N3O2/c1-5-7-14(16(18)21)15(12-13(3)4)17(22)20-10-8-19(6-2)9-11-20/h13-15H,5-12H2,1-4H3,(H2,18,21). The first kappa shape index (κ1) is 18.9. The Morgan fingerprint density at radius 3 is 2.05 bits per heavy atom. The predicted molar refractivity (Wildman–Crippen MR) is 89.2 cm³/mol. The van der Waals surface area contributed by atoms with Gasteiger partial charge in [0.25, 0.3) is 0 Å². The van der Waals surface area contributed by atoms with Gasteiger partial charge in [-0.15, -0.1) is 0 Å². The van der Waals surface area contributed by atoms with Gasteiger partial charge in [-0.2, -0.15) is 0 Å². The fourth-order valence-electron chi connectivity index (χ4n) is 3.32. The molecule has 0 bridgehead atoms. The highest BCUT2D eigenvalue weighted by molar-refractivity contribution is 5.87. The molecule has 1 aliphatic heterocycles. The van der Waals surface area contributed by atoms with Gasteiger partial charge in [-0.3, -0.25) is 9.59 Å². The summed E-state index contributed by atoms with van der Waals surface area (Å²) in [7, 11) is 0. The Balaban J connectivity index is 2.81. The number of hydrogen-bond donors (Lipinski definition) is 1. The molecule has 0 saturated carbocycles. The molecule has 5 heteroatoms. The Bertz CT molecular complexity index is 363. The maximum atomic E-state index is 12.9. The Kier molecular flexibility index (Phi) is 7.87. The second-order valence-electron chi connectivity index (χ2n) is 6.79. The van der Waals surface area contributed by atoms with Crippen LogP contribution >= 0.6 is 0 Å². The van der Waals surface area contributed by atoms with Gasteiger partial charge >= 0.3 is 0 Å². The average molecular weight is 311 g/mol. The van der Waals surface area contributed by atoms with Crippen molar-refractivity contribution in [3.05, 3.63) is 0 Å². The first-order chi connectivity index (χ1) is 10.4. The zero-order valence-electron chi connectivity index (χ0n) is 14.7. The van der Waals surface area contributed by atoms with Crippen LogP contribution in [0.2, 0.25) is 0 Å². The minimum Gasteiger partial charge on any atom is -0.369 e. The van der Waals surface area contributed by atoms with E-state index in [0.29, 0.717) is 12.3 Å². The molecule has 1 aliphatic rings. The van der Waals surface area contributed by atoms with Crippen molar-refractivity contribution in [2.24, 2.45) is 23.5 Å². The van der Waals surface area contributed by atoms with Gasteiger partial charge < -0.3 is 15.5 Å². The van der Waals surface area contributed by atoms with Crippen LogP contribution in [-0.2, 0) is 9.59 Å². The van der Waals surface area contributed by atoms with Crippen molar-refractivity contribution in [2.45, 2.75) is 47.0 Å². The van der Waals surface area contributed by atoms with Crippen molar-refractivity contribution in [1.82, 2.24) is 9.80 Å². The zero-order valence-corrected chi connectivity index (χ0v) is 14.7. The zero-order chi connectivity index (χ0) is 16.7. The third-order valence-electron chi connectivity index (χ3n) is 4.62. The van der Waals surface area contributed by atoms with E-state index in [-0.39, 0.29) is 23.7 Å². The molecule has 1 saturated heterocycles. The van der Waals surface area contributed by atoms with Crippen molar-refractivity contribution >= 4 is 11.8 Å². The second-order valence-corrected chi connectivity index (χ2v) is 6.79. The number of amides is 2. The van der Waals surface area contributed by atoms with Crippen LogP contribution < -0.4 is 5.73 Å². The molecule has 2 atom stereocenters.